The van der Waals surface area contributed by atoms with E-state index >= 15 is 0 Å². The van der Waals surface area contributed by atoms with Crippen LogP contribution in [-0.2, 0) is 19.6 Å². The van der Waals surface area contributed by atoms with Crippen LogP contribution in [0.25, 0.3) is 0 Å². The van der Waals surface area contributed by atoms with Crippen LogP contribution in [0, 0.1) is 12.3 Å². The highest BCUT2D eigenvalue weighted by Gasteiger charge is 2.20. The Hall–Kier alpha value is -2.52. The van der Waals surface area contributed by atoms with Gasteiger partial charge in [-0.1, -0.05) is 13.0 Å². The van der Waals surface area contributed by atoms with Crippen LogP contribution in [0.5, 0.6) is 0 Å². The summed E-state index contributed by atoms with van der Waals surface area (Å²) in [5.74, 6) is -1.92. The van der Waals surface area contributed by atoms with E-state index < -0.39 is 34.1 Å². The van der Waals surface area contributed by atoms with Crippen molar-refractivity contribution in [2.45, 2.75) is 32.6 Å². The van der Waals surface area contributed by atoms with Crippen molar-refractivity contribution in [1.82, 2.24) is 4.72 Å². The van der Waals surface area contributed by atoms with Gasteiger partial charge in [-0.15, -0.1) is 0 Å². The third-order valence-electron chi connectivity index (χ3n) is 3.43. The largest absolute Gasteiger partial charge is 0.508 e. The number of allylic oxidation sites excluding steroid dienone is 1. The fraction of sp³-hybridized carbons (Fsp3) is 0.353. The van der Waals surface area contributed by atoms with E-state index in [2.05, 4.69) is 4.72 Å². The van der Waals surface area contributed by atoms with E-state index in [0.29, 0.717) is 5.56 Å². The lowest BCUT2D eigenvalue weighted by Gasteiger charge is -2.11. The molecule has 0 atom stereocenters. The number of aliphatic hydroxyl groups excluding tert-OH is 1. The molecule has 0 aliphatic heterocycles. The summed E-state index contributed by atoms with van der Waals surface area (Å²) in [6.07, 6.45) is 0. The molecule has 0 saturated heterocycles. The molecule has 0 heterocycles. The smallest absolute Gasteiger partial charge is 0.338 e. The summed E-state index contributed by atoms with van der Waals surface area (Å²) in [6.45, 7) is 5.35. The average molecular weight is 382 g/mol. The number of carbonyl (C=O) groups is 2. The SMILES string of the molecule is CCNS(=O)(=O)c1ccc(C)c(C(=O)OC/C(O)=C(\C(C)=N)C(C)=O)c1. The maximum absolute atomic E-state index is 12.3. The van der Waals surface area contributed by atoms with Gasteiger partial charge in [0.15, 0.2) is 5.78 Å². The molecule has 0 bridgehead atoms. The second-order valence-electron chi connectivity index (χ2n) is 5.56. The van der Waals surface area contributed by atoms with Crippen LogP contribution in [-0.4, -0.2) is 44.1 Å². The van der Waals surface area contributed by atoms with Crippen molar-refractivity contribution in [3.63, 3.8) is 0 Å². The third kappa shape index (κ3) is 5.24. The Morgan fingerprint density at radius 3 is 2.38 bits per heavy atom. The molecule has 0 unspecified atom stereocenters. The van der Waals surface area contributed by atoms with Crippen molar-refractivity contribution in [1.29, 1.82) is 5.41 Å². The number of ether oxygens (including phenoxy) is 1. The number of aryl methyl sites for hydroxylation is 1. The molecule has 0 saturated carbocycles. The van der Waals surface area contributed by atoms with Crippen LogP contribution >= 0.6 is 0 Å². The molecule has 1 aromatic rings. The summed E-state index contributed by atoms with van der Waals surface area (Å²) in [7, 11) is -3.74. The van der Waals surface area contributed by atoms with Gasteiger partial charge >= 0.3 is 5.97 Å². The molecular formula is C17H22N2O6S. The number of hydrogen-bond donors (Lipinski definition) is 3. The zero-order chi connectivity index (χ0) is 20.1. The zero-order valence-corrected chi connectivity index (χ0v) is 15.9. The minimum atomic E-state index is -3.74. The number of Topliss-reactive ketones (excluding diaryl/α,β-unsaturated/α-hetero) is 1. The van der Waals surface area contributed by atoms with Gasteiger partial charge in [-0.2, -0.15) is 0 Å². The Kier molecular flexibility index (Phi) is 7.22. The van der Waals surface area contributed by atoms with Gasteiger partial charge in [0.2, 0.25) is 10.0 Å². The standard InChI is InChI=1S/C17H22N2O6S/c1-5-19-26(23,24)13-7-6-10(2)14(8-13)17(22)25-9-15(21)16(11(3)18)12(4)20/h6-8,18-19,21H,5,9H2,1-4H3/b16-15-,18-11?. The predicted molar refractivity (Wildman–Crippen MR) is 96.1 cm³/mol. The molecule has 1 aromatic carbocycles. The molecule has 0 aliphatic rings. The number of carbonyl (C=O) groups excluding carboxylic acids is 2. The number of benzene rings is 1. The Balaban J connectivity index is 3.10. The van der Waals surface area contributed by atoms with Gasteiger partial charge in [-0.3, -0.25) is 4.79 Å². The monoisotopic (exact) mass is 382 g/mol. The second-order valence-corrected chi connectivity index (χ2v) is 7.32. The first-order chi connectivity index (χ1) is 12.0. The zero-order valence-electron chi connectivity index (χ0n) is 15.0. The summed E-state index contributed by atoms with van der Waals surface area (Å²) in [4.78, 5) is 23.6. The Morgan fingerprint density at radius 2 is 1.88 bits per heavy atom. The van der Waals surface area contributed by atoms with Gasteiger partial charge in [-0.05, 0) is 38.5 Å². The normalized spacial score (nSPS) is 12.3. The van der Waals surface area contributed by atoms with Gasteiger partial charge in [0.05, 0.1) is 16.0 Å². The van der Waals surface area contributed by atoms with Crippen molar-refractivity contribution in [3.05, 3.63) is 40.7 Å². The number of ketones is 1. The molecular weight excluding hydrogens is 360 g/mol. The Morgan fingerprint density at radius 1 is 1.27 bits per heavy atom. The summed E-state index contributed by atoms with van der Waals surface area (Å²) in [6, 6.07) is 4.02. The first-order valence-electron chi connectivity index (χ1n) is 7.77. The van der Waals surface area contributed by atoms with Crippen LogP contribution < -0.4 is 4.72 Å². The third-order valence-corrected chi connectivity index (χ3v) is 4.97. The van der Waals surface area contributed by atoms with Gasteiger partial charge in [0.25, 0.3) is 0 Å². The lowest BCUT2D eigenvalue weighted by molar-refractivity contribution is -0.113. The van der Waals surface area contributed by atoms with Gasteiger partial charge in [0.1, 0.15) is 12.4 Å². The summed E-state index contributed by atoms with van der Waals surface area (Å²) < 4.78 is 31.4. The molecule has 0 aromatic heterocycles. The van der Waals surface area contributed by atoms with Crippen LogP contribution in [0.15, 0.2) is 34.4 Å². The van der Waals surface area contributed by atoms with Crippen molar-refractivity contribution in [2.75, 3.05) is 13.2 Å². The fourth-order valence-electron chi connectivity index (χ4n) is 2.23. The minimum absolute atomic E-state index is 0.0210. The lowest BCUT2D eigenvalue weighted by Crippen LogP contribution is -2.23. The number of aliphatic hydroxyl groups is 1. The van der Waals surface area contributed by atoms with Crippen molar-refractivity contribution < 1.29 is 27.9 Å². The predicted octanol–water partition coefficient (Wildman–Crippen LogP) is 1.89. The summed E-state index contributed by atoms with van der Waals surface area (Å²) in [5.41, 5.74) is 0.135. The molecule has 0 fully saturated rings. The van der Waals surface area contributed by atoms with Crippen LogP contribution in [0.2, 0.25) is 0 Å². The van der Waals surface area contributed by atoms with Gasteiger partial charge in [0, 0.05) is 12.3 Å². The van der Waals surface area contributed by atoms with Crippen LogP contribution in [0.4, 0.5) is 0 Å². The highest BCUT2D eigenvalue weighted by Crippen LogP contribution is 2.17. The molecule has 0 amide bonds. The maximum atomic E-state index is 12.3. The number of esters is 1. The summed E-state index contributed by atoms with van der Waals surface area (Å²) in [5, 5.41) is 17.4. The number of nitrogens with one attached hydrogen (secondary N) is 2. The highest BCUT2D eigenvalue weighted by atomic mass is 32.2. The molecule has 1 rings (SSSR count). The van der Waals surface area contributed by atoms with E-state index in [1.54, 1.807) is 13.8 Å². The molecule has 8 nitrogen and oxygen atoms in total. The molecule has 0 aliphatic carbocycles. The van der Waals surface area contributed by atoms with Gasteiger partial charge < -0.3 is 15.3 Å². The highest BCUT2D eigenvalue weighted by molar-refractivity contribution is 7.89. The van der Waals surface area contributed by atoms with E-state index in [4.69, 9.17) is 10.1 Å². The van der Waals surface area contributed by atoms with Crippen molar-refractivity contribution >= 4 is 27.5 Å². The van der Waals surface area contributed by atoms with Crippen molar-refractivity contribution in [2.24, 2.45) is 0 Å². The molecule has 142 valence electrons. The van der Waals surface area contributed by atoms with E-state index in [1.165, 1.54) is 32.0 Å². The second kappa shape index (κ2) is 8.72. The number of hydrogen-bond acceptors (Lipinski definition) is 7. The Bertz CT molecular complexity index is 855. The summed E-state index contributed by atoms with van der Waals surface area (Å²) >= 11 is 0. The Labute approximate surface area is 152 Å². The topological polar surface area (TPSA) is 134 Å². The molecule has 26 heavy (non-hydrogen) atoms. The average Bonchev–Trinajstić information content (AvgIpc) is 2.52. The number of sulfonamides is 1. The first-order valence-corrected chi connectivity index (χ1v) is 9.25. The van der Waals surface area contributed by atoms with E-state index in [0.717, 1.165) is 0 Å². The molecule has 0 spiro atoms. The van der Waals surface area contributed by atoms with E-state index in [-0.39, 0.29) is 28.3 Å². The molecule has 9 heteroatoms. The van der Waals surface area contributed by atoms with Gasteiger partial charge in [-0.25, -0.2) is 17.9 Å². The van der Waals surface area contributed by atoms with E-state index in [1.807, 2.05) is 0 Å². The first kappa shape index (κ1) is 21.5. The van der Waals surface area contributed by atoms with Crippen LogP contribution in [0.1, 0.15) is 36.7 Å². The van der Waals surface area contributed by atoms with Crippen LogP contribution in [0.3, 0.4) is 0 Å². The fourth-order valence-corrected chi connectivity index (χ4v) is 3.30. The maximum Gasteiger partial charge on any atom is 0.338 e. The quantitative estimate of drug-likeness (QED) is 0.272. The lowest BCUT2D eigenvalue weighted by atomic mass is 10.1. The molecule has 3 N–H and O–H groups in total. The number of rotatable bonds is 8. The van der Waals surface area contributed by atoms with E-state index in [9.17, 15) is 23.1 Å². The van der Waals surface area contributed by atoms with Crippen molar-refractivity contribution in [3.8, 4) is 0 Å². The molecule has 0 radical (unpaired) electrons. The minimum Gasteiger partial charge on any atom is -0.508 e.